The molecule has 0 radical (unpaired) electrons. The van der Waals surface area contributed by atoms with Crippen molar-refractivity contribution in [3.8, 4) is 11.8 Å². The molecule has 0 bridgehead atoms. The third kappa shape index (κ3) is 2.77. The number of benzene rings is 1. The van der Waals surface area contributed by atoms with Gasteiger partial charge in [0.2, 0.25) is 0 Å². The molecule has 18 heavy (non-hydrogen) atoms. The minimum atomic E-state index is 0.554. The van der Waals surface area contributed by atoms with Crippen LogP contribution in [0.3, 0.4) is 0 Å². The van der Waals surface area contributed by atoms with Gasteiger partial charge in [-0.1, -0.05) is 18.2 Å². The van der Waals surface area contributed by atoms with Crippen molar-refractivity contribution in [2.75, 3.05) is 12.4 Å². The smallest absolute Gasteiger partial charge is 0.126 e. The number of hydrogen-bond acceptors (Lipinski definition) is 4. The van der Waals surface area contributed by atoms with E-state index in [1.165, 1.54) is 0 Å². The molecule has 2 rings (SSSR count). The van der Waals surface area contributed by atoms with Gasteiger partial charge in [0.15, 0.2) is 0 Å². The van der Waals surface area contributed by atoms with Crippen molar-refractivity contribution in [1.82, 2.24) is 4.98 Å². The summed E-state index contributed by atoms with van der Waals surface area (Å²) >= 11 is 0. The summed E-state index contributed by atoms with van der Waals surface area (Å²) in [6, 6.07) is 13.4. The van der Waals surface area contributed by atoms with Gasteiger partial charge in [0.25, 0.3) is 0 Å². The number of pyridine rings is 1. The predicted octanol–water partition coefficient (Wildman–Crippen LogP) is 2.57. The van der Waals surface area contributed by atoms with Gasteiger partial charge < -0.3 is 10.1 Å². The van der Waals surface area contributed by atoms with Crippen molar-refractivity contribution in [3.05, 3.63) is 53.7 Å². The number of aromatic nitrogens is 1. The van der Waals surface area contributed by atoms with E-state index in [1.807, 2.05) is 30.3 Å². The van der Waals surface area contributed by atoms with Gasteiger partial charge in [-0.3, -0.25) is 0 Å². The Kier molecular flexibility index (Phi) is 3.77. The zero-order valence-corrected chi connectivity index (χ0v) is 10.1. The zero-order valence-electron chi connectivity index (χ0n) is 10.1. The summed E-state index contributed by atoms with van der Waals surface area (Å²) in [5, 5.41) is 11.9. The Morgan fingerprint density at radius 1 is 1.28 bits per heavy atom. The van der Waals surface area contributed by atoms with Crippen molar-refractivity contribution in [1.29, 1.82) is 5.26 Å². The lowest BCUT2D eigenvalue weighted by Crippen LogP contribution is -2.02. The number of anilines is 1. The maximum atomic E-state index is 8.68. The lowest BCUT2D eigenvalue weighted by molar-refractivity contribution is 0.410. The molecule has 1 aromatic heterocycles. The predicted molar refractivity (Wildman–Crippen MR) is 69.3 cm³/mol. The van der Waals surface area contributed by atoms with Crippen LogP contribution in [-0.2, 0) is 6.54 Å². The van der Waals surface area contributed by atoms with Gasteiger partial charge in [-0.05, 0) is 18.2 Å². The Labute approximate surface area is 106 Å². The highest BCUT2D eigenvalue weighted by Crippen LogP contribution is 2.18. The maximum absolute atomic E-state index is 8.68. The van der Waals surface area contributed by atoms with Crippen LogP contribution in [0.1, 0.15) is 11.1 Å². The normalized spacial score (nSPS) is 9.56. The minimum Gasteiger partial charge on any atom is -0.496 e. The molecule has 0 atom stereocenters. The highest BCUT2D eigenvalue weighted by molar-refractivity contribution is 5.42. The Morgan fingerprint density at radius 3 is 2.78 bits per heavy atom. The fourth-order valence-corrected chi connectivity index (χ4v) is 1.60. The first-order valence-corrected chi connectivity index (χ1v) is 5.55. The molecular weight excluding hydrogens is 226 g/mol. The van der Waals surface area contributed by atoms with E-state index < -0.39 is 0 Å². The van der Waals surface area contributed by atoms with Crippen LogP contribution in [0.25, 0.3) is 0 Å². The van der Waals surface area contributed by atoms with Gasteiger partial charge in [-0.2, -0.15) is 5.26 Å². The van der Waals surface area contributed by atoms with E-state index in [9.17, 15) is 0 Å². The topological polar surface area (TPSA) is 57.9 Å². The summed E-state index contributed by atoms with van der Waals surface area (Å²) in [5.74, 6) is 1.58. The summed E-state index contributed by atoms with van der Waals surface area (Å²) in [6.45, 7) is 0.628. The number of methoxy groups -OCH3 is 1. The minimum absolute atomic E-state index is 0.554. The third-order valence-corrected chi connectivity index (χ3v) is 2.55. The van der Waals surface area contributed by atoms with E-state index in [4.69, 9.17) is 10.00 Å². The summed E-state index contributed by atoms with van der Waals surface area (Å²) in [5.41, 5.74) is 1.61. The summed E-state index contributed by atoms with van der Waals surface area (Å²) in [7, 11) is 1.65. The van der Waals surface area contributed by atoms with Gasteiger partial charge in [-0.25, -0.2) is 4.98 Å². The monoisotopic (exact) mass is 239 g/mol. The van der Waals surface area contributed by atoms with E-state index >= 15 is 0 Å². The van der Waals surface area contributed by atoms with Gasteiger partial charge in [0.1, 0.15) is 17.6 Å². The third-order valence-electron chi connectivity index (χ3n) is 2.55. The second-order valence-electron chi connectivity index (χ2n) is 3.71. The molecule has 1 aromatic carbocycles. The van der Waals surface area contributed by atoms with Crippen LogP contribution >= 0.6 is 0 Å². The van der Waals surface area contributed by atoms with Gasteiger partial charge in [-0.15, -0.1) is 0 Å². The van der Waals surface area contributed by atoms with E-state index in [1.54, 1.807) is 25.4 Å². The quantitative estimate of drug-likeness (QED) is 0.890. The number of nitriles is 1. The van der Waals surface area contributed by atoms with Crippen LogP contribution < -0.4 is 10.1 Å². The van der Waals surface area contributed by atoms with Crippen LogP contribution in [0.5, 0.6) is 5.75 Å². The molecule has 0 fully saturated rings. The highest BCUT2D eigenvalue weighted by Gasteiger charge is 2.01. The molecule has 4 heteroatoms. The largest absolute Gasteiger partial charge is 0.496 e. The van der Waals surface area contributed by atoms with Gasteiger partial charge in [0.05, 0.1) is 12.7 Å². The molecule has 0 spiro atoms. The lowest BCUT2D eigenvalue weighted by Gasteiger charge is -2.09. The second kappa shape index (κ2) is 5.69. The SMILES string of the molecule is COc1ccccc1CNc1ccc(C#N)cn1. The molecule has 0 saturated heterocycles. The molecule has 0 aliphatic rings. The molecule has 1 heterocycles. The number of ether oxygens (including phenoxy) is 1. The highest BCUT2D eigenvalue weighted by atomic mass is 16.5. The molecular formula is C14H13N3O. The molecule has 90 valence electrons. The maximum Gasteiger partial charge on any atom is 0.126 e. The van der Waals surface area contributed by atoms with Crippen molar-refractivity contribution in [3.63, 3.8) is 0 Å². The molecule has 0 unspecified atom stereocenters. The summed E-state index contributed by atoms with van der Waals surface area (Å²) in [6.07, 6.45) is 1.55. The van der Waals surface area contributed by atoms with Crippen molar-refractivity contribution in [2.45, 2.75) is 6.54 Å². The van der Waals surface area contributed by atoms with E-state index in [-0.39, 0.29) is 0 Å². The van der Waals surface area contributed by atoms with Crippen LogP contribution in [0.4, 0.5) is 5.82 Å². The first-order valence-electron chi connectivity index (χ1n) is 5.55. The number of nitrogens with one attached hydrogen (secondary N) is 1. The molecule has 0 aliphatic carbocycles. The Balaban J connectivity index is 2.04. The lowest BCUT2D eigenvalue weighted by atomic mass is 10.2. The zero-order chi connectivity index (χ0) is 12.8. The van der Waals surface area contributed by atoms with Gasteiger partial charge in [0, 0.05) is 18.3 Å². The Morgan fingerprint density at radius 2 is 2.11 bits per heavy atom. The number of hydrogen-bond donors (Lipinski definition) is 1. The van der Waals surface area contributed by atoms with Crippen LogP contribution in [0.2, 0.25) is 0 Å². The van der Waals surface area contributed by atoms with Crippen LogP contribution in [0.15, 0.2) is 42.6 Å². The standard InChI is InChI=1S/C14H13N3O/c1-18-13-5-3-2-4-12(13)10-17-14-7-6-11(8-15)9-16-14/h2-7,9H,10H2,1H3,(H,16,17). The molecule has 4 nitrogen and oxygen atoms in total. The van der Waals surface area contributed by atoms with Gasteiger partial charge >= 0.3 is 0 Å². The van der Waals surface area contributed by atoms with Crippen LogP contribution in [-0.4, -0.2) is 12.1 Å². The average molecular weight is 239 g/mol. The Bertz CT molecular complexity index is 558. The van der Waals surface area contributed by atoms with E-state index in [0.717, 1.165) is 17.1 Å². The van der Waals surface area contributed by atoms with E-state index in [0.29, 0.717) is 12.1 Å². The molecule has 0 saturated carbocycles. The fourth-order valence-electron chi connectivity index (χ4n) is 1.60. The summed E-state index contributed by atoms with van der Waals surface area (Å²) < 4.78 is 5.27. The first kappa shape index (κ1) is 11.9. The average Bonchev–Trinajstić information content (AvgIpc) is 2.46. The number of nitrogens with zero attached hydrogens (tertiary/aromatic N) is 2. The molecule has 2 aromatic rings. The summed E-state index contributed by atoms with van der Waals surface area (Å²) in [4.78, 5) is 4.15. The number of para-hydroxylation sites is 1. The fraction of sp³-hybridized carbons (Fsp3) is 0.143. The number of rotatable bonds is 4. The van der Waals surface area contributed by atoms with Crippen molar-refractivity contribution in [2.24, 2.45) is 0 Å². The molecule has 0 aliphatic heterocycles. The molecule has 0 amide bonds. The van der Waals surface area contributed by atoms with Crippen LogP contribution in [0, 0.1) is 11.3 Å². The van der Waals surface area contributed by atoms with E-state index in [2.05, 4.69) is 10.3 Å². The molecule has 1 N–H and O–H groups in total. The van der Waals surface area contributed by atoms with Crippen molar-refractivity contribution < 1.29 is 4.74 Å². The Hall–Kier alpha value is -2.54. The second-order valence-corrected chi connectivity index (χ2v) is 3.71. The first-order chi connectivity index (χ1) is 8.83. The van der Waals surface area contributed by atoms with Crippen molar-refractivity contribution >= 4 is 5.82 Å².